The van der Waals surface area contributed by atoms with Gasteiger partial charge in [0.2, 0.25) is 0 Å². The van der Waals surface area contributed by atoms with Gasteiger partial charge in [-0.1, -0.05) is 6.07 Å². The largest absolute Gasteiger partial charge is 0.573 e. The van der Waals surface area contributed by atoms with Gasteiger partial charge >= 0.3 is 6.36 Å². The Hall–Kier alpha value is -3.03. The number of alkyl halides is 3. The van der Waals surface area contributed by atoms with Crippen molar-refractivity contribution in [1.82, 2.24) is 4.98 Å². The first kappa shape index (κ1) is 18.8. The molecule has 0 aliphatic carbocycles. The molecule has 0 saturated heterocycles. The zero-order valence-corrected chi connectivity index (χ0v) is 14.4. The predicted octanol–water partition coefficient (Wildman–Crippen LogP) is 4.95. The molecule has 0 atom stereocenters. The predicted molar refractivity (Wildman–Crippen MR) is 90.7 cm³/mol. The van der Waals surface area contributed by atoms with Crippen molar-refractivity contribution < 1.29 is 31.8 Å². The fourth-order valence-electron chi connectivity index (χ4n) is 2.94. The SMILES string of the molecule is COc1cc(F)ccc1CC(=O)c1c[nH]c2c(C)cc(OC(F)(F)F)cc12. The van der Waals surface area contributed by atoms with Crippen molar-refractivity contribution in [1.29, 1.82) is 0 Å². The summed E-state index contributed by atoms with van der Waals surface area (Å²) in [6.07, 6.45) is -3.49. The Balaban J connectivity index is 1.98. The van der Waals surface area contributed by atoms with Gasteiger partial charge in [-0.15, -0.1) is 13.2 Å². The molecule has 3 rings (SSSR count). The summed E-state index contributed by atoms with van der Waals surface area (Å²) >= 11 is 0. The van der Waals surface area contributed by atoms with Crippen LogP contribution >= 0.6 is 0 Å². The summed E-state index contributed by atoms with van der Waals surface area (Å²) in [7, 11) is 1.36. The normalized spacial score (nSPS) is 11.6. The van der Waals surface area contributed by atoms with Crippen molar-refractivity contribution in [2.45, 2.75) is 19.7 Å². The average Bonchev–Trinajstić information content (AvgIpc) is 2.99. The molecule has 1 N–H and O–H groups in total. The van der Waals surface area contributed by atoms with Crippen LogP contribution in [0.15, 0.2) is 36.5 Å². The first-order chi connectivity index (χ1) is 12.7. The van der Waals surface area contributed by atoms with Crippen LogP contribution in [0.5, 0.6) is 11.5 Å². The standard InChI is InChI=1S/C19H15F4NO3/c1-10-5-13(27-19(21,22)23)8-14-15(9-24-18(10)14)16(25)6-11-3-4-12(20)7-17(11)26-2/h3-5,7-9,24H,6H2,1-2H3. The number of benzene rings is 2. The average molecular weight is 381 g/mol. The molecule has 0 saturated carbocycles. The van der Waals surface area contributed by atoms with E-state index in [0.29, 0.717) is 22.0 Å². The number of halogens is 4. The molecule has 1 heterocycles. The summed E-state index contributed by atoms with van der Waals surface area (Å²) in [6.45, 7) is 1.61. The molecule has 1 aromatic heterocycles. The quantitative estimate of drug-likeness (QED) is 0.503. The third-order valence-corrected chi connectivity index (χ3v) is 4.09. The van der Waals surface area contributed by atoms with Crippen molar-refractivity contribution in [3.05, 3.63) is 59.0 Å². The van der Waals surface area contributed by atoms with Crippen LogP contribution in [0.1, 0.15) is 21.5 Å². The highest BCUT2D eigenvalue weighted by Gasteiger charge is 2.31. The summed E-state index contributed by atoms with van der Waals surface area (Å²) in [4.78, 5) is 15.6. The maximum atomic E-state index is 13.3. The fraction of sp³-hybridized carbons (Fsp3) is 0.211. The fourth-order valence-corrected chi connectivity index (χ4v) is 2.94. The maximum Gasteiger partial charge on any atom is 0.573 e. The van der Waals surface area contributed by atoms with Gasteiger partial charge in [-0.25, -0.2) is 4.39 Å². The second-order valence-corrected chi connectivity index (χ2v) is 5.97. The Morgan fingerprint density at radius 1 is 1.19 bits per heavy atom. The molecule has 0 aliphatic rings. The van der Waals surface area contributed by atoms with Gasteiger partial charge in [-0.3, -0.25) is 4.79 Å². The van der Waals surface area contributed by atoms with E-state index < -0.39 is 17.9 Å². The third kappa shape index (κ3) is 4.05. The van der Waals surface area contributed by atoms with Crippen LogP contribution in [0.3, 0.4) is 0 Å². The van der Waals surface area contributed by atoms with Crippen molar-refractivity contribution in [3.8, 4) is 11.5 Å². The van der Waals surface area contributed by atoms with E-state index >= 15 is 0 Å². The number of methoxy groups -OCH3 is 1. The maximum absolute atomic E-state index is 13.3. The lowest BCUT2D eigenvalue weighted by atomic mass is 10.0. The van der Waals surface area contributed by atoms with E-state index in [1.807, 2.05) is 0 Å². The van der Waals surface area contributed by atoms with Crippen molar-refractivity contribution in [2.75, 3.05) is 7.11 Å². The monoisotopic (exact) mass is 381 g/mol. The molecule has 0 unspecified atom stereocenters. The Morgan fingerprint density at radius 2 is 1.93 bits per heavy atom. The van der Waals surface area contributed by atoms with Gasteiger partial charge in [0.05, 0.1) is 7.11 Å². The smallest absolute Gasteiger partial charge is 0.496 e. The Morgan fingerprint density at radius 3 is 2.59 bits per heavy atom. The Kier molecular flexibility index (Phi) is 4.82. The number of fused-ring (bicyclic) bond motifs is 1. The number of ether oxygens (including phenoxy) is 2. The first-order valence-corrected chi connectivity index (χ1v) is 7.91. The molecule has 0 bridgehead atoms. The number of rotatable bonds is 5. The molecule has 27 heavy (non-hydrogen) atoms. The molecule has 8 heteroatoms. The number of aromatic amines is 1. The molecule has 4 nitrogen and oxygen atoms in total. The zero-order valence-electron chi connectivity index (χ0n) is 14.4. The van der Waals surface area contributed by atoms with Gasteiger partial charge in [0.1, 0.15) is 17.3 Å². The number of aryl methyl sites for hydroxylation is 1. The minimum absolute atomic E-state index is 0.0974. The molecule has 0 radical (unpaired) electrons. The van der Waals surface area contributed by atoms with Crippen LogP contribution in [0.25, 0.3) is 10.9 Å². The summed E-state index contributed by atoms with van der Waals surface area (Å²) in [5, 5.41) is 0.320. The molecule has 0 spiro atoms. The Bertz CT molecular complexity index is 1010. The number of hydrogen-bond acceptors (Lipinski definition) is 3. The molecule has 2 aromatic carbocycles. The van der Waals surface area contributed by atoms with Gasteiger partial charge < -0.3 is 14.5 Å². The van der Waals surface area contributed by atoms with E-state index in [-0.39, 0.29) is 23.5 Å². The number of hydrogen-bond donors (Lipinski definition) is 1. The minimum atomic E-state index is -4.83. The highest BCUT2D eigenvalue weighted by Crippen LogP contribution is 2.31. The zero-order chi connectivity index (χ0) is 19.8. The molecule has 0 fully saturated rings. The van der Waals surface area contributed by atoms with Gasteiger partial charge in [-0.05, 0) is 30.7 Å². The van der Waals surface area contributed by atoms with E-state index in [4.69, 9.17) is 4.74 Å². The lowest BCUT2D eigenvalue weighted by Crippen LogP contribution is -2.17. The number of carbonyl (C=O) groups excluding carboxylic acids is 1. The topological polar surface area (TPSA) is 51.3 Å². The van der Waals surface area contributed by atoms with Crippen LogP contribution < -0.4 is 9.47 Å². The summed E-state index contributed by atoms with van der Waals surface area (Å²) < 4.78 is 59.9. The number of carbonyl (C=O) groups is 1. The number of aromatic nitrogens is 1. The van der Waals surface area contributed by atoms with Crippen molar-refractivity contribution >= 4 is 16.7 Å². The molecular formula is C19H15F4NO3. The summed E-state index contributed by atoms with van der Waals surface area (Å²) in [5.41, 5.74) is 1.73. The highest BCUT2D eigenvalue weighted by atomic mass is 19.4. The van der Waals surface area contributed by atoms with Crippen LogP contribution in [0, 0.1) is 12.7 Å². The van der Waals surface area contributed by atoms with E-state index in [2.05, 4.69) is 9.72 Å². The molecule has 0 amide bonds. The summed E-state index contributed by atoms with van der Waals surface area (Å²) in [5.74, 6) is -1.03. The number of H-pyrrole nitrogens is 1. The number of nitrogens with one attached hydrogen (secondary N) is 1. The minimum Gasteiger partial charge on any atom is -0.496 e. The van der Waals surface area contributed by atoms with Gasteiger partial charge in [0.15, 0.2) is 5.78 Å². The lowest BCUT2D eigenvalue weighted by Gasteiger charge is -2.11. The van der Waals surface area contributed by atoms with Crippen molar-refractivity contribution in [3.63, 3.8) is 0 Å². The van der Waals surface area contributed by atoms with Crippen molar-refractivity contribution in [2.24, 2.45) is 0 Å². The third-order valence-electron chi connectivity index (χ3n) is 4.09. The van der Waals surface area contributed by atoms with Gasteiger partial charge in [0, 0.05) is 40.7 Å². The van der Waals surface area contributed by atoms with Gasteiger partial charge in [-0.2, -0.15) is 0 Å². The Labute approximate surface area is 151 Å². The van der Waals surface area contributed by atoms with Gasteiger partial charge in [0.25, 0.3) is 0 Å². The van der Waals surface area contributed by atoms with E-state index in [9.17, 15) is 22.4 Å². The second-order valence-electron chi connectivity index (χ2n) is 5.97. The number of ketones is 1. The summed E-state index contributed by atoms with van der Waals surface area (Å²) in [6, 6.07) is 6.21. The number of Topliss-reactive ketones (excluding diaryl/α,β-unsaturated/α-hetero) is 1. The lowest BCUT2D eigenvalue weighted by molar-refractivity contribution is -0.274. The van der Waals surface area contributed by atoms with Crippen LogP contribution in [0.4, 0.5) is 17.6 Å². The van der Waals surface area contributed by atoms with E-state index in [0.717, 1.165) is 6.07 Å². The van der Waals surface area contributed by atoms with Crippen LogP contribution in [-0.4, -0.2) is 24.2 Å². The molecule has 142 valence electrons. The second kappa shape index (κ2) is 6.94. The van der Waals surface area contributed by atoms with E-state index in [1.165, 1.54) is 37.6 Å². The highest BCUT2D eigenvalue weighted by molar-refractivity contribution is 6.09. The first-order valence-electron chi connectivity index (χ1n) is 7.91. The molecular weight excluding hydrogens is 366 g/mol. The van der Waals surface area contributed by atoms with E-state index in [1.54, 1.807) is 6.92 Å². The van der Waals surface area contributed by atoms with Crippen LogP contribution in [0.2, 0.25) is 0 Å². The molecule has 0 aliphatic heterocycles. The molecule has 3 aromatic rings. The van der Waals surface area contributed by atoms with Crippen LogP contribution in [-0.2, 0) is 6.42 Å².